The lowest BCUT2D eigenvalue weighted by Crippen LogP contribution is -2.24. The standard InChI is InChI=1S/C19H19F6NO2S/c1-5-11-6-7-15(29(27,28)19(23,24)25)13(8-11)12-9-16(17(2,3)4)26-10-14(12)18(20,21)22/h6-10H,5H2,1-4H3. The molecule has 0 aliphatic rings. The molecule has 0 bridgehead atoms. The fraction of sp³-hybridized carbons (Fsp3) is 0.421. The summed E-state index contributed by atoms with van der Waals surface area (Å²) in [4.78, 5) is 2.57. The number of nitrogens with zero attached hydrogens (tertiary/aromatic N) is 1. The van der Waals surface area contributed by atoms with Crippen molar-refractivity contribution in [1.29, 1.82) is 0 Å². The van der Waals surface area contributed by atoms with Crippen molar-refractivity contribution in [3.63, 3.8) is 0 Å². The number of hydrogen-bond acceptors (Lipinski definition) is 3. The molecule has 0 amide bonds. The number of aromatic nitrogens is 1. The van der Waals surface area contributed by atoms with Gasteiger partial charge in [0.05, 0.1) is 10.5 Å². The Morgan fingerprint density at radius 1 is 0.931 bits per heavy atom. The van der Waals surface area contributed by atoms with Crippen LogP contribution in [0.25, 0.3) is 11.1 Å². The molecule has 0 fully saturated rings. The first-order chi connectivity index (χ1) is 13.0. The molecule has 160 valence electrons. The van der Waals surface area contributed by atoms with Gasteiger partial charge >= 0.3 is 11.7 Å². The van der Waals surface area contributed by atoms with Gasteiger partial charge in [-0.15, -0.1) is 0 Å². The second-order valence-electron chi connectivity index (χ2n) is 7.50. The Kier molecular flexibility index (Phi) is 5.84. The SMILES string of the molecule is CCc1ccc(S(=O)(=O)C(F)(F)F)c(-c2cc(C(C)(C)C)ncc2C(F)(F)F)c1. The Bertz CT molecular complexity index is 1020. The maximum absolute atomic E-state index is 13.6. The molecule has 0 unspecified atom stereocenters. The molecule has 3 nitrogen and oxygen atoms in total. The molecule has 0 N–H and O–H groups in total. The molecule has 1 aromatic heterocycles. The van der Waals surface area contributed by atoms with Crippen molar-refractivity contribution in [3.05, 3.63) is 47.3 Å². The van der Waals surface area contributed by atoms with Crippen molar-refractivity contribution in [2.24, 2.45) is 0 Å². The summed E-state index contributed by atoms with van der Waals surface area (Å²) in [6.45, 7) is 6.65. The maximum atomic E-state index is 13.6. The van der Waals surface area contributed by atoms with Gasteiger partial charge in [-0.3, -0.25) is 4.98 Å². The number of benzene rings is 1. The first kappa shape index (κ1) is 23.2. The fourth-order valence-corrected chi connectivity index (χ4v) is 3.64. The average molecular weight is 439 g/mol. The van der Waals surface area contributed by atoms with Gasteiger partial charge in [-0.2, -0.15) is 26.3 Å². The summed E-state index contributed by atoms with van der Waals surface area (Å²) >= 11 is 0. The van der Waals surface area contributed by atoms with Crippen molar-refractivity contribution < 1.29 is 34.8 Å². The van der Waals surface area contributed by atoms with E-state index in [1.165, 1.54) is 0 Å². The lowest BCUT2D eigenvalue weighted by atomic mass is 9.88. The van der Waals surface area contributed by atoms with E-state index in [1.54, 1.807) is 27.7 Å². The molecule has 10 heteroatoms. The molecule has 1 heterocycles. The van der Waals surface area contributed by atoms with Gasteiger partial charge in [0.2, 0.25) is 0 Å². The van der Waals surface area contributed by atoms with Crippen LogP contribution in [-0.2, 0) is 27.8 Å². The monoisotopic (exact) mass is 439 g/mol. The van der Waals surface area contributed by atoms with Gasteiger partial charge in [0.1, 0.15) is 0 Å². The number of hydrogen-bond donors (Lipinski definition) is 0. The van der Waals surface area contributed by atoms with E-state index in [9.17, 15) is 34.8 Å². The highest BCUT2D eigenvalue weighted by atomic mass is 32.2. The number of rotatable bonds is 3. The van der Waals surface area contributed by atoms with E-state index in [-0.39, 0.29) is 12.1 Å². The Labute approximate surface area is 164 Å². The Hall–Kier alpha value is -2.10. The smallest absolute Gasteiger partial charge is 0.260 e. The molecule has 0 aliphatic carbocycles. The zero-order valence-corrected chi connectivity index (χ0v) is 16.9. The van der Waals surface area contributed by atoms with Crippen LogP contribution in [0.2, 0.25) is 0 Å². The molecule has 0 atom stereocenters. The second kappa shape index (κ2) is 7.30. The highest BCUT2D eigenvalue weighted by Gasteiger charge is 2.48. The van der Waals surface area contributed by atoms with Crippen LogP contribution < -0.4 is 0 Å². The normalized spacial score (nSPS) is 13.6. The summed E-state index contributed by atoms with van der Waals surface area (Å²) in [5.74, 6) is 0. The number of alkyl halides is 6. The van der Waals surface area contributed by atoms with Crippen LogP contribution in [0.5, 0.6) is 0 Å². The zero-order valence-electron chi connectivity index (χ0n) is 16.0. The molecule has 0 aliphatic heterocycles. The lowest BCUT2D eigenvalue weighted by molar-refractivity contribution is -0.137. The highest BCUT2D eigenvalue weighted by molar-refractivity contribution is 7.92. The molecule has 2 aromatic rings. The van der Waals surface area contributed by atoms with Crippen LogP contribution in [0, 0.1) is 0 Å². The minimum absolute atomic E-state index is 0.178. The van der Waals surface area contributed by atoms with E-state index in [4.69, 9.17) is 0 Å². The number of halogens is 6. The maximum Gasteiger partial charge on any atom is 0.501 e. The Morgan fingerprint density at radius 2 is 1.52 bits per heavy atom. The first-order valence-corrected chi connectivity index (χ1v) is 10.0. The molecule has 2 rings (SSSR count). The van der Waals surface area contributed by atoms with Crippen molar-refractivity contribution in [1.82, 2.24) is 4.98 Å². The van der Waals surface area contributed by atoms with E-state index >= 15 is 0 Å². The van der Waals surface area contributed by atoms with E-state index in [0.717, 1.165) is 18.2 Å². The predicted molar refractivity (Wildman–Crippen MR) is 96.0 cm³/mol. The predicted octanol–water partition coefficient (Wildman–Crippen LogP) is 5.92. The molecular formula is C19H19F6NO2S. The van der Waals surface area contributed by atoms with Gasteiger partial charge in [0.15, 0.2) is 0 Å². The highest BCUT2D eigenvalue weighted by Crippen LogP contribution is 2.43. The number of sulfone groups is 1. The van der Waals surface area contributed by atoms with E-state index in [2.05, 4.69) is 4.98 Å². The van der Waals surface area contributed by atoms with Gasteiger partial charge in [-0.25, -0.2) is 8.42 Å². The number of pyridine rings is 1. The molecule has 0 saturated carbocycles. The summed E-state index contributed by atoms with van der Waals surface area (Å²) in [5, 5.41) is 0. The summed E-state index contributed by atoms with van der Waals surface area (Å²) in [6.07, 6.45) is -4.13. The van der Waals surface area contributed by atoms with E-state index in [0.29, 0.717) is 17.8 Å². The van der Waals surface area contributed by atoms with Crippen LogP contribution in [0.1, 0.15) is 44.5 Å². The second-order valence-corrected chi connectivity index (χ2v) is 9.41. The Morgan fingerprint density at radius 3 is 1.97 bits per heavy atom. The van der Waals surface area contributed by atoms with Gasteiger partial charge in [0, 0.05) is 22.9 Å². The largest absolute Gasteiger partial charge is 0.501 e. The lowest BCUT2D eigenvalue weighted by Gasteiger charge is -2.22. The first-order valence-electron chi connectivity index (χ1n) is 8.52. The van der Waals surface area contributed by atoms with Crippen LogP contribution in [0.3, 0.4) is 0 Å². The van der Waals surface area contributed by atoms with Gasteiger partial charge in [-0.05, 0) is 35.7 Å². The minimum Gasteiger partial charge on any atom is -0.260 e. The van der Waals surface area contributed by atoms with Gasteiger partial charge < -0.3 is 0 Å². The summed E-state index contributed by atoms with van der Waals surface area (Å²) < 4.78 is 104. The zero-order chi connectivity index (χ0) is 22.4. The molecule has 0 radical (unpaired) electrons. The molecule has 1 aromatic carbocycles. The summed E-state index contributed by atoms with van der Waals surface area (Å²) in [5.41, 5.74) is -8.42. The van der Waals surface area contributed by atoms with Gasteiger partial charge in [0.25, 0.3) is 9.84 Å². The van der Waals surface area contributed by atoms with Gasteiger partial charge in [-0.1, -0.05) is 33.8 Å². The van der Waals surface area contributed by atoms with Crippen molar-refractivity contribution in [2.45, 2.75) is 56.1 Å². The topological polar surface area (TPSA) is 47.0 Å². The van der Waals surface area contributed by atoms with Crippen molar-refractivity contribution >= 4 is 9.84 Å². The third-order valence-electron chi connectivity index (χ3n) is 4.31. The van der Waals surface area contributed by atoms with Crippen molar-refractivity contribution in [3.8, 4) is 11.1 Å². The average Bonchev–Trinajstić information content (AvgIpc) is 2.58. The van der Waals surface area contributed by atoms with Crippen LogP contribution in [0.15, 0.2) is 35.4 Å². The van der Waals surface area contributed by atoms with E-state index in [1.807, 2.05) is 0 Å². The van der Waals surface area contributed by atoms with Crippen LogP contribution in [0.4, 0.5) is 26.3 Å². The molecule has 29 heavy (non-hydrogen) atoms. The van der Waals surface area contributed by atoms with Crippen LogP contribution in [-0.4, -0.2) is 18.9 Å². The fourth-order valence-electron chi connectivity index (χ4n) is 2.68. The van der Waals surface area contributed by atoms with E-state index < -0.39 is 48.5 Å². The van der Waals surface area contributed by atoms with Crippen LogP contribution >= 0.6 is 0 Å². The third-order valence-corrected chi connectivity index (χ3v) is 5.86. The Balaban J connectivity index is 2.99. The summed E-state index contributed by atoms with van der Waals surface area (Å²) in [7, 11) is -5.88. The molecular weight excluding hydrogens is 420 g/mol. The number of aryl methyl sites for hydroxylation is 1. The van der Waals surface area contributed by atoms with Crippen molar-refractivity contribution in [2.75, 3.05) is 0 Å². The third kappa shape index (κ3) is 4.57. The summed E-state index contributed by atoms with van der Waals surface area (Å²) in [6, 6.07) is 3.91. The quantitative estimate of drug-likeness (QED) is 0.558. The molecule has 0 saturated heterocycles. The minimum atomic E-state index is -5.88. The molecule has 0 spiro atoms.